The monoisotopic (exact) mass is 1420 g/mol. The Bertz CT molecular complexity index is 2240. The second kappa shape index (κ2) is 71.4. The lowest BCUT2D eigenvalue weighted by Gasteiger charge is -2.21. The Morgan fingerprint density at radius 2 is 0.541 bits per heavy atom. The van der Waals surface area contributed by atoms with E-state index in [0.717, 1.165) is 141 Å². The summed E-state index contributed by atoms with van der Waals surface area (Å²) in [6, 6.07) is 0. The molecule has 0 rings (SSSR count). The van der Waals surface area contributed by atoms with Crippen molar-refractivity contribution in [1.82, 2.24) is 0 Å². The van der Waals surface area contributed by atoms with Crippen LogP contribution >= 0.6 is 15.6 Å². The highest BCUT2D eigenvalue weighted by atomic mass is 31.2. The molecule has 0 spiro atoms. The maximum atomic E-state index is 13.1. The van der Waals surface area contributed by atoms with Gasteiger partial charge in [-0.15, -0.1) is 0 Å². The highest BCUT2D eigenvalue weighted by Gasteiger charge is 2.30. The van der Waals surface area contributed by atoms with Gasteiger partial charge in [0.2, 0.25) is 0 Å². The van der Waals surface area contributed by atoms with Crippen molar-refractivity contribution < 1.29 is 80.2 Å². The number of esters is 4. The standard InChI is InChI=1S/C79H138O17P2/c1-5-9-13-17-21-25-29-32-35-36-39-41-45-48-52-56-60-64-77(82)90-70-75(96-79(84)66-62-58-54-50-46-42-38-34-31-27-23-19-15-11-7-3)72-94-98(87,88)92-68-73(80)67-91-97(85,86)93-71-74(95-78(83)65-61-57-53-49-43-28-24-20-16-12-8-4)69-89-76(81)63-59-55-51-47-44-40-37-33-30-26-22-18-14-10-6-2/h9,13,21,23,25,27,32-35,37-39,41,48,52,73-75,80H,5-8,10-12,14-20,22,24,26,28-31,36,40,42-47,49-51,53-72H2,1-4H3,(H,85,86)(H,87,88)/b13-9-,25-21-,27-23-,35-32-,37-33-,38-34-,41-39-,52-48-. The van der Waals surface area contributed by atoms with Gasteiger partial charge >= 0.3 is 39.5 Å². The van der Waals surface area contributed by atoms with Crippen LogP contribution in [0, 0.1) is 0 Å². The molecule has 5 atom stereocenters. The number of phosphoric acid groups is 2. The van der Waals surface area contributed by atoms with Gasteiger partial charge in [-0.25, -0.2) is 9.13 Å². The van der Waals surface area contributed by atoms with Gasteiger partial charge in [-0.1, -0.05) is 273 Å². The summed E-state index contributed by atoms with van der Waals surface area (Å²) in [5.74, 6) is -2.25. The molecule has 0 aromatic rings. The molecule has 98 heavy (non-hydrogen) atoms. The third-order valence-electron chi connectivity index (χ3n) is 16.0. The molecule has 0 radical (unpaired) electrons. The third kappa shape index (κ3) is 70.4. The Morgan fingerprint density at radius 3 is 0.888 bits per heavy atom. The van der Waals surface area contributed by atoms with E-state index in [0.29, 0.717) is 32.1 Å². The van der Waals surface area contributed by atoms with E-state index in [1.54, 1.807) is 0 Å². The first kappa shape index (κ1) is 94.0. The van der Waals surface area contributed by atoms with Crippen molar-refractivity contribution in [2.75, 3.05) is 39.6 Å². The second-order valence-corrected chi connectivity index (χ2v) is 28.5. The summed E-state index contributed by atoms with van der Waals surface area (Å²) in [6.45, 7) is 4.65. The van der Waals surface area contributed by atoms with Gasteiger partial charge in [0.1, 0.15) is 19.3 Å². The Morgan fingerprint density at radius 1 is 0.296 bits per heavy atom. The molecule has 0 heterocycles. The molecule has 5 unspecified atom stereocenters. The largest absolute Gasteiger partial charge is 0.472 e. The summed E-state index contributed by atoms with van der Waals surface area (Å²) < 4.78 is 68.4. The van der Waals surface area contributed by atoms with Gasteiger partial charge in [0.05, 0.1) is 26.4 Å². The first-order chi connectivity index (χ1) is 47.7. The molecular formula is C79H138O17P2. The van der Waals surface area contributed by atoms with Gasteiger partial charge in [-0.3, -0.25) is 37.3 Å². The van der Waals surface area contributed by atoms with E-state index in [1.807, 2.05) is 12.2 Å². The Labute approximate surface area is 595 Å². The average molecular weight is 1420 g/mol. The molecule has 0 saturated carbocycles. The topological polar surface area (TPSA) is 237 Å². The smallest absolute Gasteiger partial charge is 0.462 e. The highest BCUT2D eigenvalue weighted by molar-refractivity contribution is 7.47. The fraction of sp³-hybridized carbons (Fsp3) is 0.747. The van der Waals surface area contributed by atoms with Crippen molar-refractivity contribution in [2.24, 2.45) is 0 Å². The normalized spacial score (nSPS) is 14.5. The molecule has 0 saturated heterocycles. The third-order valence-corrected chi connectivity index (χ3v) is 17.9. The highest BCUT2D eigenvalue weighted by Crippen LogP contribution is 2.45. The summed E-state index contributed by atoms with van der Waals surface area (Å²) in [5, 5.41) is 10.6. The van der Waals surface area contributed by atoms with Crippen LogP contribution in [0.2, 0.25) is 0 Å². The zero-order chi connectivity index (χ0) is 71.8. The Balaban J connectivity index is 5.38. The first-order valence-corrected chi connectivity index (χ1v) is 41.5. The average Bonchev–Trinajstić information content (AvgIpc) is 0.986. The molecule has 0 aliphatic carbocycles. The van der Waals surface area contributed by atoms with E-state index >= 15 is 0 Å². The number of carbonyl (C=O) groups excluding carboxylic acids is 4. The minimum Gasteiger partial charge on any atom is -0.462 e. The van der Waals surface area contributed by atoms with Crippen molar-refractivity contribution >= 4 is 39.5 Å². The van der Waals surface area contributed by atoms with Crippen LogP contribution in [0.1, 0.15) is 323 Å². The van der Waals surface area contributed by atoms with Crippen molar-refractivity contribution in [1.29, 1.82) is 0 Å². The number of aliphatic hydroxyl groups excluding tert-OH is 1. The maximum absolute atomic E-state index is 13.1. The number of unbranched alkanes of at least 4 members (excludes halogenated alkanes) is 30. The van der Waals surface area contributed by atoms with E-state index in [1.165, 1.54) is 96.3 Å². The van der Waals surface area contributed by atoms with Crippen molar-refractivity contribution in [3.05, 3.63) is 97.2 Å². The van der Waals surface area contributed by atoms with Gasteiger partial charge in [0.15, 0.2) is 12.2 Å². The quantitative estimate of drug-likeness (QED) is 0.0169. The molecule has 0 aromatic heterocycles. The molecule has 0 amide bonds. The fourth-order valence-corrected chi connectivity index (χ4v) is 11.7. The van der Waals surface area contributed by atoms with Crippen molar-refractivity contribution in [3.63, 3.8) is 0 Å². The zero-order valence-electron chi connectivity index (χ0n) is 61.7. The van der Waals surface area contributed by atoms with E-state index in [4.69, 9.17) is 37.0 Å². The van der Waals surface area contributed by atoms with Crippen LogP contribution in [0.3, 0.4) is 0 Å². The van der Waals surface area contributed by atoms with Gasteiger partial charge in [0, 0.05) is 25.7 Å². The maximum Gasteiger partial charge on any atom is 0.472 e. The molecule has 17 nitrogen and oxygen atoms in total. The molecule has 566 valence electrons. The fourth-order valence-electron chi connectivity index (χ4n) is 10.2. The van der Waals surface area contributed by atoms with Crippen molar-refractivity contribution in [2.45, 2.75) is 341 Å². The Kier molecular flexibility index (Phi) is 68.4. The van der Waals surface area contributed by atoms with E-state index < -0.39 is 97.5 Å². The van der Waals surface area contributed by atoms with Crippen LogP contribution < -0.4 is 0 Å². The number of aliphatic hydroxyl groups is 1. The number of ether oxygens (including phenoxy) is 4. The second-order valence-electron chi connectivity index (χ2n) is 25.6. The number of hydrogen-bond donors (Lipinski definition) is 3. The lowest BCUT2D eigenvalue weighted by Crippen LogP contribution is -2.30. The Hall–Kier alpha value is -4.02. The summed E-state index contributed by atoms with van der Waals surface area (Å²) >= 11 is 0. The minimum atomic E-state index is -4.99. The predicted octanol–water partition coefficient (Wildman–Crippen LogP) is 22.0. The zero-order valence-corrected chi connectivity index (χ0v) is 63.5. The predicted molar refractivity (Wildman–Crippen MR) is 399 cm³/mol. The summed E-state index contributed by atoms with van der Waals surface area (Å²) in [5.41, 5.74) is 0. The molecule has 0 bridgehead atoms. The number of rotatable bonds is 72. The SMILES string of the molecule is CC/C=C\C/C=C\C/C=C\C/C=C\C/C=C\CCCC(=O)OCC(COP(=O)(O)OCC(O)COP(=O)(O)OCC(COC(=O)CCCCCCC/C=C\CCCCCCCC)OC(=O)CCCCCCCCCCCCC)OC(=O)CCCCCCC/C=C\C/C=C\CCCCC. The molecule has 0 fully saturated rings. The molecular weight excluding hydrogens is 1280 g/mol. The molecule has 0 aliphatic heterocycles. The number of hydrogen-bond acceptors (Lipinski definition) is 15. The van der Waals surface area contributed by atoms with Crippen LogP contribution in [-0.4, -0.2) is 96.7 Å². The van der Waals surface area contributed by atoms with Gasteiger partial charge in [-0.2, -0.15) is 0 Å². The van der Waals surface area contributed by atoms with Crippen LogP contribution in [-0.2, 0) is 65.4 Å². The molecule has 0 aromatic carbocycles. The van der Waals surface area contributed by atoms with Crippen LogP contribution in [0.5, 0.6) is 0 Å². The lowest BCUT2D eigenvalue weighted by molar-refractivity contribution is -0.161. The number of phosphoric ester groups is 2. The van der Waals surface area contributed by atoms with Crippen molar-refractivity contribution in [3.8, 4) is 0 Å². The van der Waals surface area contributed by atoms with Crippen LogP contribution in [0.15, 0.2) is 97.2 Å². The molecule has 3 N–H and O–H groups in total. The summed E-state index contributed by atoms with van der Waals surface area (Å²) in [6.07, 6.45) is 74.0. The van der Waals surface area contributed by atoms with Gasteiger partial charge in [-0.05, 0) is 122 Å². The van der Waals surface area contributed by atoms with Gasteiger partial charge < -0.3 is 33.8 Å². The summed E-state index contributed by atoms with van der Waals surface area (Å²) in [4.78, 5) is 72.8. The van der Waals surface area contributed by atoms with Crippen LogP contribution in [0.25, 0.3) is 0 Å². The lowest BCUT2D eigenvalue weighted by atomic mass is 10.1. The first-order valence-electron chi connectivity index (χ1n) is 38.5. The van der Waals surface area contributed by atoms with E-state index in [2.05, 4.69) is 113 Å². The van der Waals surface area contributed by atoms with E-state index in [-0.39, 0.29) is 25.7 Å². The number of allylic oxidation sites excluding steroid dienone is 16. The minimum absolute atomic E-state index is 0.0666. The van der Waals surface area contributed by atoms with E-state index in [9.17, 15) is 43.2 Å². The van der Waals surface area contributed by atoms with Crippen LogP contribution in [0.4, 0.5) is 0 Å². The van der Waals surface area contributed by atoms with Gasteiger partial charge in [0.25, 0.3) is 0 Å². The molecule has 19 heteroatoms. The molecule has 0 aliphatic rings. The number of carbonyl (C=O) groups is 4. The summed E-state index contributed by atoms with van der Waals surface area (Å²) in [7, 11) is -9.96.